The third kappa shape index (κ3) is 4.50. The molecule has 3 heterocycles. The molecule has 3 aromatic heterocycles. The van der Waals surface area contributed by atoms with E-state index in [-0.39, 0.29) is 0 Å². The van der Waals surface area contributed by atoms with Crippen LogP contribution in [0.5, 0.6) is 0 Å². The maximum Gasteiger partial charge on any atom is 0.159 e. The molecule has 0 radical (unpaired) electrons. The van der Waals surface area contributed by atoms with Crippen molar-refractivity contribution in [1.29, 1.82) is 0 Å². The molecule has 4 N–H and O–H groups in total. The zero-order valence-electron chi connectivity index (χ0n) is 17.5. The number of nitrogen functional groups attached to an aromatic ring is 1. The van der Waals surface area contributed by atoms with Crippen molar-refractivity contribution in [2.75, 3.05) is 11.1 Å². The van der Waals surface area contributed by atoms with Crippen LogP contribution in [0.25, 0.3) is 22.2 Å². The molecule has 164 valence electrons. The molecule has 0 spiro atoms. The van der Waals surface area contributed by atoms with E-state index in [1.807, 2.05) is 36.4 Å². The summed E-state index contributed by atoms with van der Waals surface area (Å²) in [6.07, 6.45) is 5.71. The highest BCUT2D eigenvalue weighted by Gasteiger charge is 2.07. The lowest BCUT2D eigenvalue weighted by molar-refractivity contribution is 0.507. The Kier molecular flexibility index (Phi) is 5.40. The van der Waals surface area contributed by atoms with Crippen molar-refractivity contribution in [2.24, 2.45) is 0 Å². The quantitative estimate of drug-likeness (QED) is 0.341. The number of H-pyrrole nitrogens is 1. The lowest BCUT2D eigenvalue weighted by Gasteiger charge is -2.09. The number of nitrogens with zero attached hydrogens (tertiary/aromatic N) is 3. The molecule has 0 bridgehead atoms. The van der Waals surface area contributed by atoms with Gasteiger partial charge in [-0.1, -0.05) is 30.3 Å². The highest BCUT2D eigenvalue weighted by Crippen LogP contribution is 2.25. The first-order chi connectivity index (χ1) is 16.0. The number of nitrogens with one attached hydrogen (secondary N) is 2. The number of fused-ring (bicyclic) bond motifs is 1. The fourth-order valence-electron chi connectivity index (χ4n) is 3.67. The number of pyridine rings is 2. The Balaban J connectivity index is 1.25. The molecule has 5 rings (SSSR count). The SMILES string of the molecule is Nc1n[nH]c2ncc(-c3ccc(CNc4cncc(Cc5ccc(F)c(F)c5)c4)cc3)cc12. The van der Waals surface area contributed by atoms with E-state index in [1.165, 1.54) is 6.07 Å². The van der Waals surface area contributed by atoms with Crippen molar-refractivity contribution in [3.8, 4) is 11.1 Å². The Morgan fingerprint density at radius 2 is 1.64 bits per heavy atom. The summed E-state index contributed by atoms with van der Waals surface area (Å²) >= 11 is 0. The monoisotopic (exact) mass is 442 g/mol. The number of nitrogens with two attached hydrogens (primary N) is 1. The minimum Gasteiger partial charge on any atom is -0.382 e. The fourth-order valence-corrected chi connectivity index (χ4v) is 3.67. The third-order valence-electron chi connectivity index (χ3n) is 5.42. The van der Waals surface area contributed by atoms with Crippen molar-refractivity contribution in [3.05, 3.63) is 102 Å². The van der Waals surface area contributed by atoms with Gasteiger partial charge in [-0.05, 0) is 52.9 Å². The van der Waals surface area contributed by atoms with Crippen molar-refractivity contribution in [3.63, 3.8) is 0 Å². The second-order valence-electron chi connectivity index (χ2n) is 7.79. The summed E-state index contributed by atoms with van der Waals surface area (Å²) in [5, 5.41) is 10.9. The van der Waals surface area contributed by atoms with Gasteiger partial charge in [0.2, 0.25) is 0 Å². The first kappa shape index (κ1) is 20.6. The first-order valence-corrected chi connectivity index (χ1v) is 10.4. The Labute approximate surface area is 188 Å². The van der Waals surface area contributed by atoms with Crippen molar-refractivity contribution < 1.29 is 8.78 Å². The second-order valence-corrected chi connectivity index (χ2v) is 7.79. The van der Waals surface area contributed by atoms with Gasteiger partial charge in [-0.25, -0.2) is 13.8 Å². The molecule has 2 aromatic carbocycles. The lowest BCUT2D eigenvalue weighted by Crippen LogP contribution is -2.01. The lowest BCUT2D eigenvalue weighted by atomic mass is 10.0. The molecular formula is C25H20F2N6. The number of anilines is 2. The first-order valence-electron chi connectivity index (χ1n) is 10.4. The van der Waals surface area contributed by atoms with E-state index in [9.17, 15) is 8.78 Å². The summed E-state index contributed by atoms with van der Waals surface area (Å²) in [5.74, 6) is -1.26. The molecule has 6 nitrogen and oxygen atoms in total. The molecule has 0 unspecified atom stereocenters. The van der Waals surface area contributed by atoms with Crippen LogP contribution in [0.4, 0.5) is 20.3 Å². The Hall–Kier alpha value is -4.33. The summed E-state index contributed by atoms with van der Waals surface area (Å²) < 4.78 is 26.6. The van der Waals surface area contributed by atoms with Crippen LogP contribution in [0, 0.1) is 11.6 Å². The number of hydrogen-bond donors (Lipinski definition) is 3. The highest BCUT2D eigenvalue weighted by molar-refractivity contribution is 5.89. The van der Waals surface area contributed by atoms with Gasteiger partial charge < -0.3 is 11.1 Å². The summed E-state index contributed by atoms with van der Waals surface area (Å²) in [6, 6.07) is 16.0. The number of aromatic nitrogens is 4. The van der Waals surface area contributed by atoms with Crippen molar-refractivity contribution >= 4 is 22.5 Å². The number of rotatable bonds is 6. The van der Waals surface area contributed by atoms with Crippen molar-refractivity contribution in [2.45, 2.75) is 13.0 Å². The van der Waals surface area contributed by atoms with Gasteiger partial charge in [0.1, 0.15) is 0 Å². The molecule has 0 saturated heterocycles. The average Bonchev–Trinajstić information content (AvgIpc) is 3.21. The van der Waals surface area contributed by atoms with Crippen LogP contribution in [0.2, 0.25) is 0 Å². The molecule has 0 atom stereocenters. The van der Waals surface area contributed by atoms with Crippen LogP contribution >= 0.6 is 0 Å². The molecule has 0 fully saturated rings. The maximum absolute atomic E-state index is 13.5. The summed E-state index contributed by atoms with van der Waals surface area (Å²) in [4.78, 5) is 8.63. The molecule has 8 heteroatoms. The van der Waals surface area contributed by atoms with E-state index in [0.29, 0.717) is 30.0 Å². The number of benzene rings is 2. The van der Waals surface area contributed by atoms with Crippen LogP contribution in [0.1, 0.15) is 16.7 Å². The zero-order valence-corrected chi connectivity index (χ0v) is 17.5. The van der Waals surface area contributed by atoms with E-state index in [0.717, 1.165) is 39.4 Å². The van der Waals surface area contributed by atoms with Gasteiger partial charge in [-0.15, -0.1) is 0 Å². The molecule has 0 saturated carbocycles. The van der Waals surface area contributed by atoms with E-state index in [2.05, 4.69) is 25.5 Å². The standard InChI is InChI=1S/C25H20F2N6/c26-22-6-3-16(9-23(22)27)7-17-8-20(14-29-11-17)30-12-15-1-4-18(5-2-15)19-10-21-24(28)32-33-25(21)31-13-19/h1-6,8-11,13-14,30H,7,12H2,(H3,28,31,32,33). The molecule has 0 amide bonds. The molecule has 0 aliphatic heterocycles. The number of aromatic amines is 1. The minimum absolute atomic E-state index is 0.431. The van der Waals surface area contributed by atoms with E-state index >= 15 is 0 Å². The maximum atomic E-state index is 13.5. The van der Waals surface area contributed by atoms with Gasteiger partial charge in [0, 0.05) is 30.7 Å². The molecular weight excluding hydrogens is 422 g/mol. The fraction of sp³-hybridized carbons (Fsp3) is 0.0800. The Bertz CT molecular complexity index is 1430. The third-order valence-corrected chi connectivity index (χ3v) is 5.42. The number of halogens is 2. The Morgan fingerprint density at radius 1 is 0.818 bits per heavy atom. The average molecular weight is 442 g/mol. The van der Waals surface area contributed by atoms with Gasteiger partial charge in [0.15, 0.2) is 23.1 Å². The topological polar surface area (TPSA) is 92.5 Å². The zero-order chi connectivity index (χ0) is 22.8. The summed E-state index contributed by atoms with van der Waals surface area (Å²) in [6.45, 7) is 0.614. The van der Waals surface area contributed by atoms with Crippen LogP contribution in [-0.2, 0) is 13.0 Å². The predicted octanol–water partition coefficient (Wildman–Crippen LogP) is 5.08. The van der Waals surface area contributed by atoms with Gasteiger partial charge in [-0.2, -0.15) is 5.10 Å². The summed E-state index contributed by atoms with van der Waals surface area (Å²) in [5.41, 5.74) is 12.1. The second kappa shape index (κ2) is 8.66. The van der Waals surface area contributed by atoms with Gasteiger partial charge in [0.05, 0.1) is 11.1 Å². The largest absolute Gasteiger partial charge is 0.382 e. The highest BCUT2D eigenvalue weighted by atomic mass is 19.2. The van der Waals surface area contributed by atoms with Gasteiger partial charge in [0.25, 0.3) is 0 Å². The van der Waals surface area contributed by atoms with Gasteiger partial charge in [-0.3, -0.25) is 10.1 Å². The van der Waals surface area contributed by atoms with E-state index in [4.69, 9.17) is 5.73 Å². The van der Waals surface area contributed by atoms with Crippen LogP contribution < -0.4 is 11.1 Å². The molecule has 5 aromatic rings. The van der Waals surface area contributed by atoms with E-state index < -0.39 is 11.6 Å². The van der Waals surface area contributed by atoms with Crippen molar-refractivity contribution in [1.82, 2.24) is 20.2 Å². The predicted molar refractivity (Wildman–Crippen MR) is 124 cm³/mol. The molecule has 0 aliphatic carbocycles. The summed E-state index contributed by atoms with van der Waals surface area (Å²) in [7, 11) is 0. The molecule has 0 aliphatic rings. The van der Waals surface area contributed by atoms with Crippen LogP contribution in [0.15, 0.2) is 73.2 Å². The van der Waals surface area contributed by atoms with Crippen LogP contribution in [-0.4, -0.2) is 20.2 Å². The normalized spacial score (nSPS) is 11.1. The smallest absolute Gasteiger partial charge is 0.159 e. The van der Waals surface area contributed by atoms with Gasteiger partial charge >= 0.3 is 0 Å². The Morgan fingerprint density at radius 3 is 2.45 bits per heavy atom. The minimum atomic E-state index is -0.847. The van der Waals surface area contributed by atoms with E-state index in [1.54, 1.807) is 24.7 Å². The molecule has 33 heavy (non-hydrogen) atoms. The number of hydrogen-bond acceptors (Lipinski definition) is 5. The van der Waals surface area contributed by atoms with Crippen LogP contribution in [0.3, 0.4) is 0 Å².